The first-order chi connectivity index (χ1) is 9.43. The van der Waals surface area contributed by atoms with Crippen LogP contribution >= 0.6 is 0 Å². The molecule has 1 rings (SSSR count). The zero-order valence-corrected chi connectivity index (χ0v) is 11.8. The fourth-order valence-electron chi connectivity index (χ4n) is 2.34. The third-order valence-electron chi connectivity index (χ3n) is 3.32. The molecule has 0 heterocycles. The van der Waals surface area contributed by atoms with E-state index in [2.05, 4.69) is 11.9 Å². The number of hydrogen-bond acceptors (Lipinski definition) is 2. The Hall–Kier alpha value is -1.52. The van der Waals surface area contributed by atoms with Crippen molar-refractivity contribution >= 4 is 6.72 Å². The monoisotopic (exact) mass is 287 g/mol. The minimum atomic E-state index is -4.35. The Labute approximate surface area is 117 Å². The summed E-state index contributed by atoms with van der Waals surface area (Å²) in [6.07, 6.45) is -2.04. The molecule has 0 amide bonds. The lowest BCUT2D eigenvalue weighted by Crippen LogP contribution is -2.13. The van der Waals surface area contributed by atoms with E-state index >= 15 is 0 Å². The number of halogens is 3. The molecule has 2 nitrogen and oxygen atoms in total. The molecule has 0 spiro atoms. The highest BCUT2D eigenvalue weighted by atomic mass is 19.4. The molecule has 0 aliphatic heterocycles. The van der Waals surface area contributed by atoms with Gasteiger partial charge in [-0.05, 0) is 36.0 Å². The summed E-state index contributed by atoms with van der Waals surface area (Å²) in [5.74, 6) is -0.0656. The molecule has 0 saturated heterocycles. The van der Waals surface area contributed by atoms with Crippen molar-refractivity contribution in [1.82, 2.24) is 0 Å². The van der Waals surface area contributed by atoms with Gasteiger partial charge in [0.05, 0.1) is 5.56 Å². The molecule has 0 radical (unpaired) electrons. The third-order valence-corrected chi connectivity index (χ3v) is 3.32. The van der Waals surface area contributed by atoms with Crippen molar-refractivity contribution in [2.24, 2.45) is 5.16 Å². The number of oxime groups is 1. The van der Waals surface area contributed by atoms with E-state index in [0.29, 0.717) is 17.5 Å². The fourth-order valence-corrected chi connectivity index (χ4v) is 2.34. The van der Waals surface area contributed by atoms with E-state index < -0.39 is 11.7 Å². The molecule has 0 saturated carbocycles. The Kier molecular flexibility index (Phi) is 6.05. The summed E-state index contributed by atoms with van der Waals surface area (Å²) < 4.78 is 39.6. The van der Waals surface area contributed by atoms with E-state index in [1.807, 2.05) is 13.8 Å². The highest BCUT2D eigenvalue weighted by Gasteiger charge is 2.35. The largest absolute Gasteiger partial charge is 0.416 e. The Morgan fingerprint density at radius 2 is 2.00 bits per heavy atom. The van der Waals surface area contributed by atoms with Crippen LogP contribution in [0.1, 0.15) is 55.7 Å². The van der Waals surface area contributed by atoms with Crippen molar-refractivity contribution in [3.8, 4) is 0 Å². The Morgan fingerprint density at radius 1 is 1.30 bits per heavy atom. The second-order valence-electron chi connectivity index (χ2n) is 4.72. The molecule has 0 N–H and O–H groups in total. The van der Waals surface area contributed by atoms with Crippen LogP contribution in [-0.2, 0) is 17.6 Å². The molecule has 0 aromatic heterocycles. The van der Waals surface area contributed by atoms with Gasteiger partial charge in [-0.25, -0.2) is 0 Å². The topological polar surface area (TPSA) is 21.6 Å². The first kappa shape index (κ1) is 16.5. The second-order valence-corrected chi connectivity index (χ2v) is 4.72. The SMILES string of the molecule is C=NOCc1ccc(C(CC)CCC)c(C(F)(F)F)c1. The van der Waals surface area contributed by atoms with Gasteiger partial charge in [0.2, 0.25) is 0 Å². The molecule has 0 aliphatic carbocycles. The van der Waals surface area contributed by atoms with Gasteiger partial charge in [-0.3, -0.25) is 0 Å². The van der Waals surface area contributed by atoms with Crippen molar-refractivity contribution in [1.29, 1.82) is 0 Å². The summed E-state index contributed by atoms with van der Waals surface area (Å²) >= 11 is 0. The van der Waals surface area contributed by atoms with Crippen LogP contribution in [0.4, 0.5) is 13.2 Å². The number of nitrogens with zero attached hydrogens (tertiary/aromatic N) is 1. The fraction of sp³-hybridized carbons (Fsp3) is 0.533. The summed E-state index contributed by atoms with van der Waals surface area (Å²) in [4.78, 5) is 4.71. The van der Waals surface area contributed by atoms with Crippen molar-refractivity contribution in [2.45, 2.75) is 51.8 Å². The molecular formula is C15H20F3NO. The number of benzene rings is 1. The average Bonchev–Trinajstić information content (AvgIpc) is 2.41. The Balaban J connectivity index is 3.19. The molecule has 112 valence electrons. The Morgan fingerprint density at radius 3 is 2.50 bits per heavy atom. The van der Waals surface area contributed by atoms with Crippen molar-refractivity contribution in [3.05, 3.63) is 34.9 Å². The van der Waals surface area contributed by atoms with Gasteiger partial charge in [-0.1, -0.05) is 32.4 Å². The summed E-state index contributed by atoms with van der Waals surface area (Å²) in [5, 5.41) is 3.19. The maximum absolute atomic E-state index is 13.2. The van der Waals surface area contributed by atoms with E-state index in [4.69, 9.17) is 4.84 Å². The minimum Gasteiger partial charge on any atom is -0.391 e. The molecular weight excluding hydrogens is 267 g/mol. The first-order valence-electron chi connectivity index (χ1n) is 6.72. The zero-order chi connectivity index (χ0) is 15.2. The van der Waals surface area contributed by atoms with Crippen molar-refractivity contribution in [3.63, 3.8) is 0 Å². The first-order valence-corrected chi connectivity index (χ1v) is 6.72. The molecule has 1 aromatic carbocycles. The van der Waals surface area contributed by atoms with Crippen LogP contribution < -0.4 is 0 Å². The highest BCUT2D eigenvalue weighted by Crippen LogP contribution is 2.38. The van der Waals surface area contributed by atoms with E-state index in [9.17, 15) is 13.2 Å². The molecule has 20 heavy (non-hydrogen) atoms. The average molecular weight is 287 g/mol. The summed E-state index contributed by atoms with van der Waals surface area (Å²) in [6.45, 7) is 7.03. The van der Waals surface area contributed by atoms with E-state index in [-0.39, 0.29) is 12.5 Å². The van der Waals surface area contributed by atoms with Crippen LogP contribution in [0.3, 0.4) is 0 Å². The Bertz CT molecular complexity index is 443. The normalized spacial score (nSPS) is 13.1. The molecule has 0 aliphatic rings. The quantitative estimate of drug-likeness (QED) is 0.503. The molecule has 1 unspecified atom stereocenters. The number of rotatable bonds is 7. The lowest BCUT2D eigenvalue weighted by Gasteiger charge is -2.21. The molecule has 1 atom stereocenters. The summed E-state index contributed by atoms with van der Waals surface area (Å²) in [6, 6.07) is 4.38. The zero-order valence-electron chi connectivity index (χ0n) is 11.8. The predicted molar refractivity (Wildman–Crippen MR) is 73.7 cm³/mol. The van der Waals surface area contributed by atoms with Gasteiger partial charge in [-0.2, -0.15) is 13.2 Å². The highest BCUT2D eigenvalue weighted by molar-refractivity contribution is 5.36. The predicted octanol–water partition coefficient (Wildman–Crippen LogP) is 5.13. The van der Waals surface area contributed by atoms with E-state index in [0.717, 1.165) is 18.9 Å². The van der Waals surface area contributed by atoms with Gasteiger partial charge in [0.15, 0.2) is 0 Å². The molecule has 0 bridgehead atoms. The van der Waals surface area contributed by atoms with Crippen LogP contribution in [0, 0.1) is 0 Å². The van der Waals surface area contributed by atoms with Crippen LogP contribution in [0.15, 0.2) is 23.4 Å². The van der Waals surface area contributed by atoms with Gasteiger partial charge >= 0.3 is 6.18 Å². The molecule has 1 aromatic rings. The second kappa shape index (κ2) is 7.31. The van der Waals surface area contributed by atoms with Gasteiger partial charge in [0.25, 0.3) is 0 Å². The van der Waals surface area contributed by atoms with Crippen molar-refractivity contribution in [2.75, 3.05) is 0 Å². The summed E-state index contributed by atoms with van der Waals surface area (Å²) in [7, 11) is 0. The van der Waals surface area contributed by atoms with Crippen LogP contribution in [-0.4, -0.2) is 6.72 Å². The number of hydrogen-bond donors (Lipinski definition) is 0. The third kappa shape index (κ3) is 4.25. The summed E-state index contributed by atoms with van der Waals surface area (Å²) in [5.41, 5.74) is 0.250. The van der Waals surface area contributed by atoms with Gasteiger partial charge < -0.3 is 4.84 Å². The maximum Gasteiger partial charge on any atom is 0.416 e. The lowest BCUT2D eigenvalue weighted by atomic mass is 9.87. The maximum atomic E-state index is 13.2. The standard InChI is InChI=1S/C15H20F3NO/c1-4-6-12(5-2)13-8-7-11(10-20-19-3)9-14(13)15(16,17)18/h7-9,12H,3-6,10H2,1-2H3. The molecule has 5 heteroatoms. The van der Waals surface area contributed by atoms with Gasteiger partial charge in [0, 0.05) is 6.72 Å². The lowest BCUT2D eigenvalue weighted by molar-refractivity contribution is -0.138. The van der Waals surface area contributed by atoms with Crippen LogP contribution in [0.25, 0.3) is 0 Å². The van der Waals surface area contributed by atoms with Gasteiger partial charge in [-0.15, -0.1) is 5.16 Å². The van der Waals surface area contributed by atoms with Gasteiger partial charge in [0.1, 0.15) is 6.61 Å². The van der Waals surface area contributed by atoms with Crippen molar-refractivity contribution < 1.29 is 18.0 Å². The smallest absolute Gasteiger partial charge is 0.391 e. The molecule has 0 fully saturated rings. The van der Waals surface area contributed by atoms with E-state index in [1.54, 1.807) is 12.1 Å². The number of alkyl halides is 3. The minimum absolute atomic E-state index is 0.00255. The van der Waals surface area contributed by atoms with E-state index in [1.165, 1.54) is 0 Å². The van der Waals surface area contributed by atoms with Crippen LogP contribution in [0.5, 0.6) is 0 Å². The van der Waals surface area contributed by atoms with Crippen LogP contribution in [0.2, 0.25) is 0 Å².